The highest BCUT2D eigenvalue weighted by atomic mass is 19.4. The zero-order chi connectivity index (χ0) is 28.2. The predicted molar refractivity (Wildman–Crippen MR) is 132 cm³/mol. The van der Waals surface area contributed by atoms with Gasteiger partial charge >= 0.3 is 6.18 Å². The molecule has 1 unspecified atom stereocenters. The molecule has 6 nitrogen and oxygen atoms in total. The van der Waals surface area contributed by atoms with Crippen LogP contribution in [-0.4, -0.2) is 16.4 Å². The van der Waals surface area contributed by atoms with Gasteiger partial charge in [-0.25, -0.2) is 8.78 Å². The van der Waals surface area contributed by atoms with E-state index in [0.717, 1.165) is 0 Å². The number of halogens is 5. The third-order valence-corrected chi connectivity index (χ3v) is 6.81. The smallest absolute Gasteiger partial charge is 0.348 e. The Morgan fingerprint density at radius 1 is 0.974 bits per heavy atom. The number of pyridine rings is 1. The largest absolute Gasteiger partial charge is 0.416 e. The lowest BCUT2D eigenvalue weighted by Crippen LogP contribution is -2.24. The number of benzene rings is 3. The minimum Gasteiger partial charge on any atom is -0.348 e. The van der Waals surface area contributed by atoms with Crippen molar-refractivity contribution < 1.29 is 31.5 Å². The van der Waals surface area contributed by atoms with Gasteiger partial charge in [-0.05, 0) is 65.6 Å². The summed E-state index contributed by atoms with van der Waals surface area (Å²) in [7, 11) is 1.48. The Morgan fingerprint density at radius 2 is 1.72 bits per heavy atom. The van der Waals surface area contributed by atoms with Crippen LogP contribution in [0.4, 0.5) is 22.0 Å². The highest BCUT2D eigenvalue weighted by molar-refractivity contribution is 6.11. The average molecular weight is 541 g/mol. The van der Waals surface area contributed by atoms with Crippen LogP contribution in [0, 0.1) is 18.6 Å². The van der Waals surface area contributed by atoms with Crippen LogP contribution in [0.5, 0.6) is 0 Å². The lowest BCUT2D eigenvalue weighted by atomic mass is 9.91. The van der Waals surface area contributed by atoms with Crippen molar-refractivity contribution >= 4 is 22.7 Å². The zero-order valence-electron chi connectivity index (χ0n) is 20.5. The molecule has 3 aromatic carbocycles. The fraction of sp³-hybridized carbons (Fsp3) is 0.179. The van der Waals surface area contributed by atoms with Crippen LogP contribution < -0.4 is 16.2 Å². The summed E-state index contributed by atoms with van der Waals surface area (Å²) in [5.41, 5.74) is 0.358. The molecule has 1 aliphatic heterocycles. The normalized spacial score (nSPS) is 14.8. The summed E-state index contributed by atoms with van der Waals surface area (Å²) in [6.07, 6.45) is -4.85. The molecule has 0 saturated carbocycles. The van der Waals surface area contributed by atoms with Crippen molar-refractivity contribution in [3.63, 3.8) is 0 Å². The Balaban J connectivity index is 1.60. The first kappa shape index (κ1) is 26.1. The summed E-state index contributed by atoms with van der Waals surface area (Å²) >= 11 is 0. The maximum atomic E-state index is 14.1. The molecule has 200 valence electrons. The number of carbonyl (C=O) groups excluding carboxylic acids is 2. The summed E-state index contributed by atoms with van der Waals surface area (Å²) in [4.78, 5) is 38.3. The van der Waals surface area contributed by atoms with E-state index in [-0.39, 0.29) is 17.6 Å². The van der Waals surface area contributed by atoms with E-state index in [1.165, 1.54) is 35.9 Å². The molecule has 1 aromatic heterocycles. The van der Waals surface area contributed by atoms with Crippen LogP contribution in [0.15, 0.2) is 59.4 Å². The van der Waals surface area contributed by atoms with Gasteiger partial charge in [0.2, 0.25) is 0 Å². The molecule has 1 aliphatic rings. The fourth-order valence-corrected chi connectivity index (χ4v) is 4.90. The van der Waals surface area contributed by atoms with Crippen LogP contribution in [0.1, 0.15) is 54.6 Å². The van der Waals surface area contributed by atoms with E-state index >= 15 is 0 Å². The van der Waals surface area contributed by atoms with E-state index in [1.54, 1.807) is 19.1 Å². The molecular formula is C28H20F5N3O3. The molecule has 0 saturated heterocycles. The van der Waals surface area contributed by atoms with Crippen LogP contribution >= 0.6 is 0 Å². The Morgan fingerprint density at radius 3 is 2.44 bits per heavy atom. The van der Waals surface area contributed by atoms with E-state index in [9.17, 15) is 36.3 Å². The van der Waals surface area contributed by atoms with Crippen LogP contribution in [0.2, 0.25) is 0 Å². The summed E-state index contributed by atoms with van der Waals surface area (Å²) in [6, 6.07) is 9.34. The van der Waals surface area contributed by atoms with Gasteiger partial charge in [-0.3, -0.25) is 14.4 Å². The third-order valence-electron chi connectivity index (χ3n) is 6.81. The van der Waals surface area contributed by atoms with Gasteiger partial charge in [0.15, 0.2) is 0 Å². The van der Waals surface area contributed by atoms with Crippen molar-refractivity contribution in [2.24, 2.45) is 7.05 Å². The maximum absolute atomic E-state index is 14.1. The minimum atomic E-state index is -4.85. The Bertz CT molecular complexity index is 1740. The number of hydrogen-bond acceptors (Lipinski definition) is 3. The first-order valence-electron chi connectivity index (χ1n) is 11.7. The van der Waals surface area contributed by atoms with E-state index in [1.807, 2.05) is 0 Å². The van der Waals surface area contributed by atoms with Gasteiger partial charge in [0.1, 0.15) is 11.6 Å². The highest BCUT2D eigenvalue weighted by Gasteiger charge is 2.35. The highest BCUT2D eigenvalue weighted by Crippen LogP contribution is 2.38. The van der Waals surface area contributed by atoms with Crippen molar-refractivity contribution in [1.29, 1.82) is 0 Å². The van der Waals surface area contributed by atoms with Gasteiger partial charge in [-0.15, -0.1) is 0 Å². The quantitative estimate of drug-likeness (QED) is 0.361. The first-order chi connectivity index (χ1) is 18.3. The minimum absolute atomic E-state index is 0.217. The van der Waals surface area contributed by atoms with Gasteiger partial charge in [-0.1, -0.05) is 12.1 Å². The molecule has 4 aromatic rings. The molecule has 5 rings (SSSR count). The molecule has 2 heterocycles. The molecule has 2 N–H and O–H groups in total. The monoisotopic (exact) mass is 541 g/mol. The molecule has 11 heteroatoms. The van der Waals surface area contributed by atoms with Crippen LogP contribution in [-0.2, 0) is 19.8 Å². The van der Waals surface area contributed by atoms with Crippen LogP contribution in [0.25, 0.3) is 10.9 Å². The second-order valence-electron chi connectivity index (χ2n) is 9.31. The van der Waals surface area contributed by atoms with Gasteiger partial charge < -0.3 is 15.2 Å². The number of rotatable bonds is 4. The predicted octanol–water partition coefficient (Wildman–Crippen LogP) is 4.91. The number of hydrogen-bond donors (Lipinski definition) is 2. The van der Waals surface area contributed by atoms with Gasteiger partial charge in [0, 0.05) is 30.6 Å². The first-order valence-corrected chi connectivity index (χ1v) is 11.7. The molecule has 2 amide bonds. The molecule has 0 spiro atoms. The van der Waals surface area contributed by atoms with Gasteiger partial charge in [-0.2, -0.15) is 13.2 Å². The molecular weight excluding hydrogens is 521 g/mol. The third kappa shape index (κ3) is 4.64. The summed E-state index contributed by atoms with van der Waals surface area (Å²) in [5, 5.41) is 5.77. The molecule has 0 aliphatic carbocycles. The Kier molecular flexibility index (Phi) is 6.24. The Hall–Kier alpha value is -4.54. The van der Waals surface area contributed by atoms with Gasteiger partial charge in [0.05, 0.1) is 22.7 Å². The van der Waals surface area contributed by atoms with Crippen molar-refractivity contribution in [3.8, 4) is 0 Å². The van der Waals surface area contributed by atoms with Crippen molar-refractivity contribution in [2.75, 3.05) is 0 Å². The molecule has 0 fully saturated rings. The number of aryl methyl sites for hydroxylation is 2. The van der Waals surface area contributed by atoms with E-state index in [2.05, 4.69) is 10.6 Å². The fourth-order valence-electron chi connectivity index (χ4n) is 4.90. The number of carbonyl (C=O) groups is 2. The van der Waals surface area contributed by atoms with E-state index in [4.69, 9.17) is 0 Å². The molecule has 39 heavy (non-hydrogen) atoms. The number of amides is 2. The Labute approximate surface area is 218 Å². The summed E-state index contributed by atoms with van der Waals surface area (Å²) in [6.45, 7) is 1.53. The van der Waals surface area contributed by atoms with Crippen molar-refractivity contribution in [3.05, 3.63) is 116 Å². The van der Waals surface area contributed by atoms with E-state index in [0.29, 0.717) is 45.8 Å². The molecule has 0 radical (unpaired) electrons. The zero-order valence-corrected chi connectivity index (χ0v) is 20.5. The lowest BCUT2D eigenvalue weighted by molar-refractivity contribution is -0.137. The number of alkyl halides is 3. The second-order valence-corrected chi connectivity index (χ2v) is 9.31. The SMILES string of the molecule is Cc1ccc(F)cc1C1NC(=O)c2c1cc(CNC(=O)c1cc(F)cc(C(F)(F)F)c1)c1ccc(=O)n(C)c21. The molecule has 1 atom stereocenters. The van der Waals surface area contributed by atoms with Crippen LogP contribution in [0.3, 0.4) is 0 Å². The lowest BCUT2D eigenvalue weighted by Gasteiger charge is -2.18. The summed E-state index contributed by atoms with van der Waals surface area (Å²) < 4.78 is 68.6. The van der Waals surface area contributed by atoms with Crippen molar-refractivity contribution in [2.45, 2.75) is 25.7 Å². The van der Waals surface area contributed by atoms with E-state index < -0.39 is 52.4 Å². The second kappa shape index (κ2) is 9.33. The molecule has 0 bridgehead atoms. The average Bonchev–Trinajstić information content (AvgIpc) is 3.20. The number of nitrogens with one attached hydrogen (secondary N) is 2. The maximum Gasteiger partial charge on any atom is 0.416 e. The number of nitrogens with zero attached hydrogens (tertiary/aromatic N) is 1. The topological polar surface area (TPSA) is 80.2 Å². The van der Waals surface area contributed by atoms with Gasteiger partial charge in [0.25, 0.3) is 17.4 Å². The number of fused-ring (bicyclic) bond motifs is 3. The standard InChI is InChI=1S/C28H20F5N3O3/c1-13-3-4-17(29)11-20(13)24-21-9-15(19-5-6-22(37)36(2)25(19)23(21)27(39)35-24)12-34-26(38)14-7-16(28(31,32)33)10-18(30)8-14/h3-11,24H,12H2,1-2H3,(H,34,38)(H,35,39). The summed E-state index contributed by atoms with van der Waals surface area (Å²) in [5.74, 6) is -3.15. The van der Waals surface area contributed by atoms with Crippen molar-refractivity contribution in [1.82, 2.24) is 15.2 Å². The number of aromatic nitrogens is 1.